The van der Waals surface area contributed by atoms with Crippen LogP contribution in [-0.4, -0.2) is 35.5 Å². The molecule has 0 aliphatic heterocycles. The Labute approximate surface area is 96.6 Å². The first-order valence-electron chi connectivity index (χ1n) is 6.05. The highest BCUT2D eigenvalue weighted by atomic mass is 16.4. The summed E-state index contributed by atoms with van der Waals surface area (Å²) in [7, 11) is 1.76. The van der Waals surface area contributed by atoms with Crippen molar-refractivity contribution in [1.29, 1.82) is 0 Å². The van der Waals surface area contributed by atoms with Crippen LogP contribution in [0.1, 0.15) is 44.9 Å². The normalized spacial score (nSPS) is 16.3. The van der Waals surface area contributed by atoms with Crippen LogP contribution in [0.3, 0.4) is 0 Å². The van der Waals surface area contributed by atoms with Gasteiger partial charge >= 0.3 is 5.97 Å². The first-order valence-corrected chi connectivity index (χ1v) is 6.05. The van der Waals surface area contributed by atoms with Crippen molar-refractivity contribution >= 4 is 11.9 Å². The second-order valence-corrected chi connectivity index (χ2v) is 4.67. The molecule has 1 aliphatic rings. The maximum absolute atomic E-state index is 11.8. The number of carboxylic acids is 1. The fourth-order valence-electron chi connectivity index (χ4n) is 2.21. The van der Waals surface area contributed by atoms with E-state index < -0.39 is 5.97 Å². The van der Waals surface area contributed by atoms with E-state index in [-0.39, 0.29) is 12.3 Å². The predicted octanol–water partition coefficient (Wildman–Crippen LogP) is 1.89. The van der Waals surface area contributed by atoms with Gasteiger partial charge in [-0.3, -0.25) is 9.59 Å². The number of hydrogen-bond acceptors (Lipinski definition) is 2. The molecule has 0 aromatic rings. The molecular formula is C12H21NO3. The quantitative estimate of drug-likeness (QED) is 0.753. The Morgan fingerprint density at radius 2 is 1.94 bits per heavy atom. The van der Waals surface area contributed by atoms with E-state index in [0.29, 0.717) is 25.3 Å². The molecule has 92 valence electrons. The number of aliphatic carboxylic acids is 1. The maximum Gasteiger partial charge on any atom is 0.303 e. The van der Waals surface area contributed by atoms with E-state index in [2.05, 4.69) is 0 Å². The fourth-order valence-corrected chi connectivity index (χ4v) is 2.21. The first-order chi connectivity index (χ1) is 7.59. The molecule has 1 amide bonds. The van der Waals surface area contributed by atoms with Crippen molar-refractivity contribution in [3.05, 3.63) is 0 Å². The van der Waals surface area contributed by atoms with Crippen LogP contribution in [0.4, 0.5) is 0 Å². The summed E-state index contributed by atoms with van der Waals surface area (Å²) in [5.74, 6) is -0.0663. The van der Waals surface area contributed by atoms with Crippen LogP contribution >= 0.6 is 0 Å². The Hall–Kier alpha value is -1.06. The number of nitrogens with zero attached hydrogens (tertiary/aromatic N) is 1. The molecule has 0 unspecified atom stereocenters. The largest absolute Gasteiger partial charge is 0.481 e. The average Bonchev–Trinajstić information content (AvgIpc) is 2.69. The van der Waals surface area contributed by atoms with Gasteiger partial charge in [0, 0.05) is 26.4 Å². The lowest BCUT2D eigenvalue weighted by Crippen LogP contribution is -2.29. The van der Waals surface area contributed by atoms with Crippen molar-refractivity contribution in [3.8, 4) is 0 Å². The van der Waals surface area contributed by atoms with Gasteiger partial charge in [-0.2, -0.15) is 0 Å². The number of carboxylic acid groups (broad SMARTS) is 1. The lowest BCUT2D eigenvalue weighted by molar-refractivity contribution is -0.138. The topological polar surface area (TPSA) is 57.6 Å². The van der Waals surface area contributed by atoms with E-state index >= 15 is 0 Å². The van der Waals surface area contributed by atoms with Gasteiger partial charge in [-0.1, -0.05) is 12.8 Å². The van der Waals surface area contributed by atoms with Crippen molar-refractivity contribution in [2.45, 2.75) is 44.9 Å². The fraction of sp³-hybridized carbons (Fsp3) is 0.833. The summed E-state index contributed by atoms with van der Waals surface area (Å²) in [5.41, 5.74) is 0. The van der Waals surface area contributed by atoms with Crippen molar-refractivity contribution in [3.63, 3.8) is 0 Å². The Kier molecular flexibility index (Phi) is 5.29. The number of carbonyl (C=O) groups excluding carboxylic acids is 1. The minimum atomic E-state index is -0.795. The SMILES string of the molecule is CN(CCCC(=O)O)C(=O)CC1CCCC1. The highest BCUT2D eigenvalue weighted by Gasteiger charge is 2.20. The summed E-state index contributed by atoms with van der Waals surface area (Å²) in [6.45, 7) is 0.553. The second-order valence-electron chi connectivity index (χ2n) is 4.67. The molecular weight excluding hydrogens is 206 g/mol. The van der Waals surface area contributed by atoms with Gasteiger partial charge in [0.1, 0.15) is 0 Å². The van der Waals surface area contributed by atoms with Crippen LogP contribution in [0.25, 0.3) is 0 Å². The molecule has 1 rings (SSSR count). The highest BCUT2D eigenvalue weighted by molar-refractivity contribution is 5.76. The van der Waals surface area contributed by atoms with Crippen LogP contribution in [-0.2, 0) is 9.59 Å². The van der Waals surface area contributed by atoms with E-state index in [9.17, 15) is 9.59 Å². The summed E-state index contributed by atoms with van der Waals surface area (Å²) < 4.78 is 0. The number of rotatable bonds is 6. The third kappa shape index (κ3) is 4.64. The molecule has 0 bridgehead atoms. The summed E-state index contributed by atoms with van der Waals surface area (Å²) in [5, 5.41) is 8.49. The van der Waals surface area contributed by atoms with Gasteiger partial charge in [0.25, 0.3) is 0 Å². The molecule has 1 N–H and O–H groups in total. The summed E-state index contributed by atoms with van der Waals surface area (Å²) in [6.07, 6.45) is 6.18. The molecule has 0 aromatic heterocycles. The molecule has 0 radical (unpaired) electrons. The van der Waals surface area contributed by atoms with Crippen molar-refractivity contribution in [2.24, 2.45) is 5.92 Å². The zero-order valence-corrected chi connectivity index (χ0v) is 9.95. The maximum atomic E-state index is 11.8. The van der Waals surface area contributed by atoms with Gasteiger partial charge in [0.05, 0.1) is 0 Å². The Balaban J connectivity index is 2.16. The van der Waals surface area contributed by atoms with Crippen LogP contribution in [0.2, 0.25) is 0 Å². The third-order valence-electron chi connectivity index (χ3n) is 3.25. The Morgan fingerprint density at radius 3 is 2.50 bits per heavy atom. The molecule has 0 heterocycles. The summed E-state index contributed by atoms with van der Waals surface area (Å²) >= 11 is 0. The van der Waals surface area contributed by atoms with Crippen molar-refractivity contribution in [1.82, 2.24) is 4.90 Å². The van der Waals surface area contributed by atoms with Gasteiger partial charge in [0.2, 0.25) is 5.91 Å². The lowest BCUT2D eigenvalue weighted by Gasteiger charge is -2.18. The average molecular weight is 227 g/mol. The highest BCUT2D eigenvalue weighted by Crippen LogP contribution is 2.27. The molecule has 1 fully saturated rings. The molecule has 16 heavy (non-hydrogen) atoms. The molecule has 1 saturated carbocycles. The predicted molar refractivity (Wildman–Crippen MR) is 61.1 cm³/mol. The summed E-state index contributed by atoms with van der Waals surface area (Å²) in [6, 6.07) is 0. The molecule has 4 heteroatoms. The number of carbonyl (C=O) groups is 2. The van der Waals surface area contributed by atoms with E-state index in [0.717, 1.165) is 0 Å². The van der Waals surface area contributed by atoms with Crippen LogP contribution in [0, 0.1) is 5.92 Å². The van der Waals surface area contributed by atoms with Gasteiger partial charge in [-0.15, -0.1) is 0 Å². The zero-order chi connectivity index (χ0) is 12.0. The molecule has 0 atom stereocenters. The minimum absolute atomic E-state index is 0.140. The van der Waals surface area contributed by atoms with Gasteiger partial charge in [-0.25, -0.2) is 0 Å². The zero-order valence-electron chi connectivity index (χ0n) is 9.95. The third-order valence-corrected chi connectivity index (χ3v) is 3.25. The molecule has 1 aliphatic carbocycles. The van der Waals surface area contributed by atoms with Crippen LogP contribution < -0.4 is 0 Å². The van der Waals surface area contributed by atoms with E-state index in [1.165, 1.54) is 25.7 Å². The number of amides is 1. The molecule has 0 aromatic carbocycles. The van der Waals surface area contributed by atoms with Crippen LogP contribution in [0.15, 0.2) is 0 Å². The lowest BCUT2D eigenvalue weighted by atomic mass is 10.0. The standard InChI is InChI=1S/C12H21NO3/c1-13(8-4-7-12(15)16)11(14)9-10-5-2-3-6-10/h10H,2-9H2,1H3,(H,15,16). The van der Waals surface area contributed by atoms with Crippen molar-refractivity contribution < 1.29 is 14.7 Å². The monoisotopic (exact) mass is 227 g/mol. The van der Waals surface area contributed by atoms with Gasteiger partial charge in [-0.05, 0) is 25.2 Å². The first kappa shape index (κ1) is 13.0. The van der Waals surface area contributed by atoms with Crippen molar-refractivity contribution in [2.75, 3.05) is 13.6 Å². The molecule has 0 saturated heterocycles. The Morgan fingerprint density at radius 1 is 1.31 bits per heavy atom. The molecule has 4 nitrogen and oxygen atoms in total. The van der Waals surface area contributed by atoms with E-state index in [4.69, 9.17) is 5.11 Å². The van der Waals surface area contributed by atoms with E-state index in [1.807, 2.05) is 0 Å². The van der Waals surface area contributed by atoms with Crippen LogP contribution in [0.5, 0.6) is 0 Å². The smallest absolute Gasteiger partial charge is 0.303 e. The van der Waals surface area contributed by atoms with E-state index in [1.54, 1.807) is 11.9 Å². The number of hydrogen-bond donors (Lipinski definition) is 1. The molecule has 0 spiro atoms. The second kappa shape index (κ2) is 6.51. The Bertz CT molecular complexity index is 247. The minimum Gasteiger partial charge on any atom is -0.481 e. The van der Waals surface area contributed by atoms with Gasteiger partial charge < -0.3 is 10.0 Å². The van der Waals surface area contributed by atoms with Gasteiger partial charge in [0.15, 0.2) is 0 Å². The summed E-state index contributed by atoms with van der Waals surface area (Å²) in [4.78, 5) is 23.7.